The lowest BCUT2D eigenvalue weighted by atomic mass is 10.2. The van der Waals surface area contributed by atoms with Crippen LogP contribution in [0.5, 0.6) is 0 Å². The molecule has 1 amide bonds. The number of hydrogen-bond donors (Lipinski definition) is 1. The van der Waals surface area contributed by atoms with Crippen molar-refractivity contribution in [2.24, 2.45) is 0 Å². The lowest BCUT2D eigenvalue weighted by Gasteiger charge is -2.09. The summed E-state index contributed by atoms with van der Waals surface area (Å²) in [6.45, 7) is 0.410. The van der Waals surface area contributed by atoms with Crippen molar-refractivity contribution < 1.29 is 9.18 Å². The van der Waals surface area contributed by atoms with Crippen LogP contribution in [0, 0.1) is 5.82 Å². The van der Waals surface area contributed by atoms with Gasteiger partial charge in [-0.1, -0.05) is 41.4 Å². The van der Waals surface area contributed by atoms with Crippen molar-refractivity contribution in [3.8, 4) is 0 Å². The van der Waals surface area contributed by atoms with Crippen LogP contribution in [0.3, 0.4) is 0 Å². The highest BCUT2D eigenvalue weighted by atomic mass is 35.5. The first-order valence-corrected chi connectivity index (χ1v) is 9.54. The van der Waals surface area contributed by atoms with Crippen molar-refractivity contribution in [2.45, 2.75) is 6.54 Å². The number of rotatable bonds is 4. The van der Waals surface area contributed by atoms with Crippen LogP contribution in [0.15, 0.2) is 54.7 Å². The van der Waals surface area contributed by atoms with Gasteiger partial charge in [-0.15, -0.1) is 11.3 Å². The summed E-state index contributed by atoms with van der Waals surface area (Å²) in [4.78, 5) is 13.0. The van der Waals surface area contributed by atoms with Crippen molar-refractivity contribution >= 4 is 56.3 Å². The molecule has 27 heavy (non-hydrogen) atoms. The zero-order valence-electron chi connectivity index (χ0n) is 13.7. The molecule has 0 saturated heterocycles. The molecule has 0 unspecified atom stereocenters. The molecule has 0 spiro atoms. The zero-order valence-corrected chi connectivity index (χ0v) is 16.1. The highest BCUT2D eigenvalue weighted by molar-refractivity contribution is 7.21. The van der Waals surface area contributed by atoms with Gasteiger partial charge in [0.1, 0.15) is 16.5 Å². The molecule has 0 aliphatic rings. The second-order valence-corrected chi connectivity index (χ2v) is 7.64. The number of carbonyl (C=O) groups excluding carboxylic acids is 1. The predicted molar refractivity (Wildman–Crippen MR) is 108 cm³/mol. The molecule has 0 aliphatic carbocycles. The molecule has 136 valence electrons. The van der Waals surface area contributed by atoms with E-state index in [0.717, 1.165) is 16.9 Å². The smallest absolute Gasteiger partial charge is 0.268 e. The van der Waals surface area contributed by atoms with E-state index in [4.69, 9.17) is 23.2 Å². The Morgan fingerprint density at radius 2 is 2.00 bits per heavy atom. The van der Waals surface area contributed by atoms with Gasteiger partial charge in [-0.05, 0) is 29.8 Å². The van der Waals surface area contributed by atoms with E-state index in [1.54, 1.807) is 29.1 Å². The Kier molecular flexibility index (Phi) is 4.86. The highest BCUT2D eigenvalue weighted by Crippen LogP contribution is 2.36. The number of carbonyl (C=O) groups is 1. The second kappa shape index (κ2) is 7.31. The number of nitrogens with zero attached hydrogens (tertiary/aromatic N) is 2. The maximum Gasteiger partial charge on any atom is 0.268 e. The number of hydrogen-bond acceptors (Lipinski definition) is 3. The van der Waals surface area contributed by atoms with Crippen LogP contribution in [-0.2, 0) is 6.54 Å². The van der Waals surface area contributed by atoms with E-state index in [-0.39, 0.29) is 11.7 Å². The van der Waals surface area contributed by atoms with Crippen LogP contribution >= 0.6 is 34.5 Å². The minimum absolute atomic E-state index is 0.310. The standard InChI is InChI=1S/C19H12Cl2FN3OS/c20-14-4-2-1-3-11(14)10-25-16(7-8-23-25)24-19(26)18-17(21)13-6-5-12(22)9-15(13)27-18/h1-9H,10H2,(H,24,26). The van der Waals surface area contributed by atoms with Gasteiger partial charge in [-0.25, -0.2) is 9.07 Å². The van der Waals surface area contributed by atoms with Gasteiger partial charge >= 0.3 is 0 Å². The molecule has 8 heteroatoms. The third-order valence-corrected chi connectivity index (χ3v) is 6.06. The number of benzene rings is 2. The van der Waals surface area contributed by atoms with E-state index in [0.29, 0.717) is 37.4 Å². The maximum absolute atomic E-state index is 13.4. The van der Waals surface area contributed by atoms with Crippen LogP contribution in [0.4, 0.5) is 10.2 Å². The molecule has 0 atom stereocenters. The summed E-state index contributed by atoms with van der Waals surface area (Å²) in [6, 6.07) is 13.4. The summed E-state index contributed by atoms with van der Waals surface area (Å²) in [6.07, 6.45) is 1.59. The van der Waals surface area contributed by atoms with E-state index in [9.17, 15) is 9.18 Å². The van der Waals surface area contributed by atoms with E-state index in [1.165, 1.54) is 12.1 Å². The molecule has 0 saturated carbocycles. The predicted octanol–water partition coefficient (Wildman–Crippen LogP) is 5.84. The normalized spacial score (nSPS) is 11.1. The molecule has 4 rings (SSSR count). The number of nitrogens with one attached hydrogen (secondary N) is 1. The minimum atomic E-state index is -0.373. The molecule has 0 radical (unpaired) electrons. The SMILES string of the molecule is O=C(Nc1ccnn1Cc1ccccc1Cl)c1sc2cc(F)ccc2c1Cl. The Morgan fingerprint density at radius 3 is 2.81 bits per heavy atom. The van der Waals surface area contributed by atoms with Crippen LogP contribution in [-0.4, -0.2) is 15.7 Å². The minimum Gasteiger partial charge on any atom is -0.306 e. The van der Waals surface area contributed by atoms with Crippen LogP contribution in [0.2, 0.25) is 10.0 Å². The quantitative estimate of drug-likeness (QED) is 0.451. The first-order chi connectivity index (χ1) is 13.0. The van der Waals surface area contributed by atoms with Gasteiger partial charge in [-0.2, -0.15) is 5.10 Å². The van der Waals surface area contributed by atoms with Gasteiger partial charge in [0.15, 0.2) is 0 Å². The molecular weight excluding hydrogens is 408 g/mol. The number of thiophene rings is 1. The van der Waals surface area contributed by atoms with Gasteiger partial charge in [0.05, 0.1) is 17.8 Å². The van der Waals surface area contributed by atoms with E-state index in [1.807, 2.05) is 18.2 Å². The fourth-order valence-corrected chi connectivity index (χ4v) is 4.34. The summed E-state index contributed by atoms with van der Waals surface area (Å²) < 4.78 is 15.7. The van der Waals surface area contributed by atoms with Crippen molar-refractivity contribution in [2.75, 3.05) is 5.32 Å². The largest absolute Gasteiger partial charge is 0.306 e. The lowest BCUT2D eigenvalue weighted by molar-refractivity contribution is 0.102. The van der Waals surface area contributed by atoms with Crippen LogP contribution < -0.4 is 5.32 Å². The third-order valence-electron chi connectivity index (χ3n) is 4.03. The fourth-order valence-electron chi connectivity index (χ4n) is 2.71. The van der Waals surface area contributed by atoms with Gasteiger partial charge in [-0.3, -0.25) is 4.79 Å². The molecule has 4 aromatic rings. The van der Waals surface area contributed by atoms with Crippen LogP contribution in [0.25, 0.3) is 10.1 Å². The zero-order chi connectivity index (χ0) is 19.0. The third kappa shape index (κ3) is 3.56. The topological polar surface area (TPSA) is 46.9 Å². The number of halogens is 3. The first-order valence-electron chi connectivity index (χ1n) is 7.97. The van der Waals surface area contributed by atoms with E-state index < -0.39 is 0 Å². The Morgan fingerprint density at radius 1 is 1.19 bits per heavy atom. The van der Waals surface area contributed by atoms with Gasteiger partial charge in [0, 0.05) is 21.2 Å². The maximum atomic E-state index is 13.4. The highest BCUT2D eigenvalue weighted by Gasteiger charge is 2.19. The molecule has 2 heterocycles. The Hall–Kier alpha value is -2.41. The fraction of sp³-hybridized carbons (Fsp3) is 0.0526. The monoisotopic (exact) mass is 419 g/mol. The Bertz CT molecular complexity index is 1160. The summed E-state index contributed by atoms with van der Waals surface area (Å²) >= 11 is 13.7. The average molecular weight is 420 g/mol. The lowest BCUT2D eigenvalue weighted by Crippen LogP contribution is -2.15. The van der Waals surface area contributed by atoms with Crippen LogP contribution in [0.1, 0.15) is 15.2 Å². The number of anilines is 1. The number of aromatic nitrogens is 2. The van der Waals surface area contributed by atoms with Crippen molar-refractivity contribution in [3.05, 3.63) is 81.0 Å². The molecule has 0 aliphatic heterocycles. The molecule has 0 fully saturated rings. The van der Waals surface area contributed by atoms with E-state index in [2.05, 4.69) is 10.4 Å². The Balaban J connectivity index is 1.60. The molecule has 1 N–H and O–H groups in total. The van der Waals surface area contributed by atoms with E-state index >= 15 is 0 Å². The van der Waals surface area contributed by atoms with Gasteiger partial charge < -0.3 is 5.32 Å². The first kappa shape index (κ1) is 18.0. The van der Waals surface area contributed by atoms with Crippen molar-refractivity contribution in [3.63, 3.8) is 0 Å². The number of fused-ring (bicyclic) bond motifs is 1. The van der Waals surface area contributed by atoms with Crippen molar-refractivity contribution in [1.29, 1.82) is 0 Å². The molecular formula is C19H12Cl2FN3OS. The van der Waals surface area contributed by atoms with Gasteiger partial charge in [0.25, 0.3) is 5.91 Å². The summed E-state index contributed by atoms with van der Waals surface area (Å²) in [5, 5.41) is 8.64. The molecule has 2 aromatic heterocycles. The summed E-state index contributed by atoms with van der Waals surface area (Å²) in [7, 11) is 0. The van der Waals surface area contributed by atoms with Crippen molar-refractivity contribution in [1.82, 2.24) is 9.78 Å². The summed E-state index contributed by atoms with van der Waals surface area (Å²) in [5.41, 5.74) is 0.883. The number of amides is 1. The molecule has 4 nitrogen and oxygen atoms in total. The average Bonchev–Trinajstić information content (AvgIpc) is 3.21. The Labute approximate surface area is 168 Å². The van der Waals surface area contributed by atoms with Gasteiger partial charge in [0.2, 0.25) is 0 Å². The molecule has 0 bridgehead atoms. The second-order valence-electron chi connectivity index (χ2n) is 5.81. The molecule has 2 aromatic carbocycles. The summed E-state index contributed by atoms with van der Waals surface area (Å²) in [5.74, 6) is -0.229.